The summed E-state index contributed by atoms with van der Waals surface area (Å²) < 4.78 is 20.0. The molecule has 1 aliphatic heterocycles. The first kappa shape index (κ1) is 15.5. The average Bonchev–Trinajstić information content (AvgIpc) is 2.58. The summed E-state index contributed by atoms with van der Waals surface area (Å²) >= 11 is 3.90. The van der Waals surface area contributed by atoms with E-state index in [1.807, 2.05) is 35.7 Å². The summed E-state index contributed by atoms with van der Waals surface area (Å²) in [6.45, 7) is 2.18. The van der Waals surface area contributed by atoms with Crippen molar-refractivity contribution in [1.82, 2.24) is 0 Å². The largest absolute Gasteiger partial charge is 0.457 e. The summed E-state index contributed by atoms with van der Waals surface area (Å²) in [5, 5.41) is 0. The lowest BCUT2D eigenvalue weighted by atomic mass is 10.1. The molecule has 0 bridgehead atoms. The molecule has 22 heavy (non-hydrogen) atoms. The Labute approximate surface area is 139 Å². The van der Waals surface area contributed by atoms with Gasteiger partial charge in [-0.25, -0.2) is 4.39 Å². The lowest BCUT2D eigenvalue weighted by Gasteiger charge is -2.16. The molecule has 0 aromatic heterocycles. The Morgan fingerprint density at radius 2 is 1.45 bits per heavy atom. The van der Waals surface area contributed by atoms with Crippen molar-refractivity contribution in [2.45, 2.75) is 13.3 Å². The Bertz CT molecular complexity index is 654. The highest BCUT2D eigenvalue weighted by molar-refractivity contribution is 8.23. The zero-order valence-corrected chi connectivity index (χ0v) is 14.0. The van der Waals surface area contributed by atoms with Crippen LogP contribution in [-0.2, 0) is 0 Å². The van der Waals surface area contributed by atoms with Crippen LogP contribution in [0.1, 0.15) is 18.9 Å². The predicted molar refractivity (Wildman–Crippen MR) is 95.0 cm³/mol. The Morgan fingerprint density at radius 1 is 0.909 bits per heavy atom. The van der Waals surface area contributed by atoms with Crippen molar-refractivity contribution in [2.24, 2.45) is 0 Å². The van der Waals surface area contributed by atoms with E-state index in [0.29, 0.717) is 5.75 Å². The molecule has 1 heterocycles. The number of ether oxygens (including phenoxy) is 1. The summed E-state index contributed by atoms with van der Waals surface area (Å²) in [6.07, 6.45) is 1.29. The van der Waals surface area contributed by atoms with Crippen LogP contribution in [0.15, 0.2) is 52.8 Å². The van der Waals surface area contributed by atoms with E-state index < -0.39 is 0 Å². The Kier molecular flexibility index (Phi) is 5.11. The molecule has 0 saturated carbocycles. The number of rotatable bonds is 3. The summed E-state index contributed by atoms with van der Waals surface area (Å²) in [7, 11) is 0. The van der Waals surface area contributed by atoms with Crippen LogP contribution in [0.4, 0.5) is 4.39 Å². The minimum atomic E-state index is -0.257. The van der Waals surface area contributed by atoms with Gasteiger partial charge in [0.2, 0.25) is 0 Å². The Balaban J connectivity index is 1.73. The number of hydrogen-bond donors (Lipinski definition) is 0. The number of hydrogen-bond acceptors (Lipinski definition) is 3. The van der Waals surface area contributed by atoms with Crippen LogP contribution in [0.3, 0.4) is 0 Å². The van der Waals surface area contributed by atoms with Gasteiger partial charge in [-0.1, -0.05) is 12.1 Å². The van der Waals surface area contributed by atoms with Crippen LogP contribution >= 0.6 is 23.5 Å². The quantitative estimate of drug-likeness (QED) is 0.664. The van der Waals surface area contributed by atoms with E-state index in [-0.39, 0.29) is 5.82 Å². The predicted octanol–water partition coefficient (Wildman–Crippen LogP) is 6.18. The molecule has 0 amide bonds. The van der Waals surface area contributed by atoms with Gasteiger partial charge in [0, 0.05) is 4.24 Å². The van der Waals surface area contributed by atoms with Gasteiger partial charge in [0.15, 0.2) is 0 Å². The van der Waals surface area contributed by atoms with Crippen LogP contribution in [0.25, 0.3) is 5.57 Å². The zero-order chi connectivity index (χ0) is 15.4. The van der Waals surface area contributed by atoms with Gasteiger partial charge in [0.05, 0.1) is 0 Å². The second kappa shape index (κ2) is 7.25. The summed E-state index contributed by atoms with van der Waals surface area (Å²) in [6, 6.07) is 14.1. The van der Waals surface area contributed by atoms with Crippen LogP contribution in [0, 0.1) is 5.82 Å². The van der Waals surface area contributed by atoms with E-state index in [1.165, 1.54) is 45.4 Å². The molecule has 4 heteroatoms. The average molecular weight is 332 g/mol. The van der Waals surface area contributed by atoms with Gasteiger partial charge in [0.25, 0.3) is 0 Å². The molecule has 1 saturated heterocycles. The molecule has 0 atom stereocenters. The summed E-state index contributed by atoms with van der Waals surface area (Å²) in [5.41, 5.74) is 2.56. The summed E-state index contributed by atoms with van der Waals surface area (Å²) in [5.74, 6) is 3.57. The van der Waals surface area contributed by atoms with E-state index in [2.05, 4.69) is 19.1 Å². The fourth-order valence-electron chi connectivity index (χ4n) is 2.18. The lowest BCUT2D eigenvalue weighted by Crippen LogP contribution is -1.94. The third-order valence-electron chi connectivity index (χ3n) is 3.40. The molecule has 0 unspecified atom stereocenters. The molecule has 114 valence electrons. The SMILES string of the molecule is CC(=C1SCCCS1)c1ccc(Oc2ccc(F)cc2)cc1. The highest BCUT2D eigenvalue weighted by Gasteiger charge is 2.11. The van der Waals surface area contributed by atoms with E-state index in [4.69, 9.17) is 4.74 Å². The molecule has 1 aliphatic rings. The third-order valence-corrected chi connectivity index (χ3v) is 6.23. The molecule has 2 aromatic rings. The number of allylic oxidation sites excluding steroid dienone is 1. The monoisotopic (exact) mass is 332 g/mol. The van der Waals surface area contributed by atoms with Gasteiger partial charge >= 0.3 is 0 Å². The smallest absolute Gasteiger partial charge is 0.127 e. The fraction of sp³-hybridized carbons (Fsp3) is 0.222. The molecule has 0 N–H and O–H groups in total. The van der Waals surface area contributed by atoms with Crippen LogP contribution in [-0.4, -0.2) is 11.5 Å². The molecule has 0 aliphatic carbocycles. The van der Waals surface area contributed by atoms with E-state index in [0.717, 1.165) is 5.75 Å². The van der Waals surface area contributed by atoms with Crippen LogP contribution in [0.5, 0.6) is 11.5 Å². The molecular formula is C18H17FOS2. The van der Waals surface area contributed by atoms with Crippen molar-refractivity contribution >= 4 is 29.1 Å². The molecule has 3 rings (SSSR count). The normalized spacial score (nSPS) is 14.7. The number of thioether (sulfide) groups is 2. The van der Waals surface area contributed by atoms with Crippen molar-refractivity contribution in [3.8, 4) is 11.5 Å². The van der Waals surface area contributed by atoms with E-state index in [1.54, 1.807) is 12.1 Å². The minimum absolute atomic E-state index is 0.257. The fourth-order valence-corrected chi connectivity index (χ4v) is 4.81. The first-order valence-electron chi connectivity index (χ1n) is 7.23. The number of benzene rings is 2. The highest BCUT2D eigenvalue weighted by atomic mass is 32.2. The van der Waals surface area contributed by atoms with Gasteiger partial charge in [-0.15, -0.1) is 23.5 Å². The third kappa shape index (κ3) is 3.87. The Morgan fingerprint density at radius 3 is 2.05 bits per heavy atom. The first-order chi connectivity index (χ1) is 10.7. The zero-order valence-electron chi connectivity index (χ0n) is 12.3. The van der Waals surface area contributed by atoms with Crippen molar-refractivity contribution in [3.05, 3.63) is 64.1 Å². The maximum Gasteiger partial charge on any atom is 0.127 e. The summed E-state index contributed by atoms with van der Waals surface area (Å²) in [4.78, 5) is 0. The van der Waals surface area contributed by atoms with Crippen molar-refractivity contribution < 1.29 is 9.13 Å². The van der Waals surface area contributed by atoms with Crippen LogP contribution < -0.4 is 4.74 Å². The highest BCUT2D eigenvalue weighted by Crippen LogP contribution is 2.40. The van der Waals surface area contributed by atoms with Gasteiger partial charge in [-0.2, -0.15) is 0 Å². The minimum Gasteiger partial charge on any atom is -0.457 e. The van der Waals surface area contributed by atoms with Gasteiger partial charge in [0.1, 0.15) is 17.3 Å². The maximum absolute atomic E-state index is 12.9. The molecule has 2 aromatic carbocycles. The second-order valence-corrected chi connectivity index (χ2v) is 7.51. The van der Waals surface area contributed by atoms with Gasteiger partial charge in [-0.05, 0) is 72.4 Å². The van der Waals surface area contributed by atoms with Crippen molar-refractivity contribution in [2.75, 3.05) is 11.5 Å². The Hall–Kier alpha value is -1.39. The molecule has 1 fully saturated rings. The molecular weight excluding hydrogens is 315 g/mol. The number of halogens is 1. The molecule has 1 nitrogen and oxygen atoms in total. The molecule has 0 radical (unpaired) electrons. The molecule has 0 spiro atoms. The maximum atomic E-state index is 12.9. The van der Waals surface area contributed by atoms with Crippen molar-refractivity contribution in [1.29, 1.82) is 0 Å². The van der Waals surface area contributed by atoms with E-state index in [9.17, 15) is 4.39 Å². The van der Waals surface area contributed by atoms with E-state index >= 15 is 0 Å². The van der Waals surface area contributed by atoms with Crippen LogP contribution in [0.2, 0.25) is 0 Å². The van der Waals surface area contributed by atoms with Crippen molar-refractivity contribution in [3.63, 3.8) is 0 Å². The van der Waals surface area contributed by atoms with Gasteiger partial charge in [-0.3, -0.25) is 0 Å². The van der Waals surface area contributed by atoms with Gasteiger partial charge < -0.3 is 4.74 Å². The second-order valence-electron chi connectivity index (χ2n) is 5.04. The standard InChI is InChI=1S/C18H17FOS2/c1-13(18-21-11-2-12-22-18)14-3-7-16(8-4-14)20-17-9-5-15(19)6-10-17/h3-10H,2,11-12H2,1H3. The lowest BCUT2D eigenvalue weighted by molar-refractivity contribution is 0.480. The topological polar surface area (TPSA) is 9.23 Å². The first-order valence-corrected chi connectivity index (χ1v) is 9.20.